The smallest absolute Gasteiger partial charge is 0.357 e. The number of hydrogen-bond acceptors (Lipinski definition) is 4. The Labute approximate surface area is 80.8 Å². The summed E-state index contributed by atoms with van der Waals surface area (Å²) in [6.45, 7) is 1.92. The highest BCUT2D eigenvalue weighted by atomic mass is 32.1. The maximum absolute atomic E-state index is 11.3. The minimum absolute atomic E-state index is 0.300. The largest absolute Gasteiger partial charge is 0.464 e. The van der Waals surface area contributed by atoms with Crippen LogP contribution in [0.4, 0.5) is 0 Å². The fraction of sp³-hybridized carbons (Fsp3) is 0.556. The van der Waals surface area contributed by atoms with Crippen molar-refractivity contribution in [3.63, 3.8) is 0 Å². The van der Waals surface area contributed by atoms with E-state index in [0.717, 1.165) is 9.88 Å². The van der Waals surface area contributed by atoms with Crippen LogP contribution in [0, 0.1) is 6.92 Å². The van der Waals surface area contributed by atoms with Crippen LogP contribution in [-0.2, 0) is 4.74 Å². The summed E-state index contributed by atoms with van der Waals surface area (Å²) in [5, 5.41) is 0.947. The second-order valence-electron chi connectivity index (χ2n) is 3.21. The van der Waals surface area contributed by atoms with Gasteiger partial charge < -0.3 is 4.74 Å². The molecule has 70 valence electrons. The molecule has 1 fully saturated rings. The lowest BCUT2D eigenvalue weighted by molar-refractivity contribution is 0.0593. The van der Waals surface area contributed by atoms with E-state index in [-0.39, 0.29) is 5.97 Å². The molecule has 0 atom stereocenters. The van der Waals surface area contributed by atoms with Crippen molar-refractivity contribution < 1.29 is 9.53 Å². The van der Waals surface area contributed by atoms with E-state index in [9.17, 15) is 4.79 Å². The molecular formula is C9H11NO2S. The maximum atomic E-state index is 11.3. The summed E-state index contributed by atoms with van der Waals surface area (Å²) in [5.41, 5.74) is 0.535. The van der Waals surface area contributed by atoms with Gasteiger partial charge in [0.25, 0.3) is 0 Å². The molecule has 0 radical (unpaired) electrons. The Hall–Kier alpha value is -0.900. The van der Waals surface area contributed by atoms with E-state index in [1.54, 1.807) is 11.3 Å². The molecule has 3 nitrogen and oxygen atoms in total. The van der Waals surface area contributed by atoms with Gasteiger partial charge in [-0.3, -0.25) is 0 Å². The topological polar surface area (TPSA) is 39.2 Å². The molecule has 0 aliphatic heterocycles. The molecule has 1 aromatic rings. The predicted octanol–water partition coefficient (Wildman–Crippen LogP) is 2.12. The van der Waals surface area contributed by atoms with Crippen molar-refractivity contribution in [1.82, 2.24) is 4.98 Å². The van der Waals surface area contributed by atoms with E-state index >= 15 is 0 Å². The highest BCUT2D eigenvalue weighted by Gasteiger charge is 2.31. The summed E-state index contributed by atoms with van der Waals surface area (Å²) in [4.78, 5) is 16.6. The van der Waals surface area contributed by atoms with Crippen LogP contribution in [0.25, 0.3) is 0 Å². The molecule has 0 spiro atoms. The van der Waals surface area contributed by atoms with Crippen LogP contribution in [-0.4, -0.2) is 18.1 Å². The quantitative estimate of drug-likeness (QED) is 0.682. The molecule has 0 amide bonds. The average Bonchev–Trinajstić information content (AvgIpc) is 2.89. The van der Waals surface area contributed by atoms with Gasteiger partial charge in [-0.2, -0.15) is 0 Å². The zero-order valence-corrected chi connectivity index (χ0v) is 8.48. The molecule has 2 rings (SSSR count). The third kappa shape index (κ3) is 1.58. The predicted molar refractivity (Wildman–Crippen MR) is 50.2 cm³/mol. The summed E-state index contributed by atoms with van der Waals surface area (Å²) in [6, 6.07) is 0. The molecule has 1 saturated carbocycles. The first kappa shape index (κ1) is 8.69. The lowest BCUT2D eigenvalue weighted by atomic mass is 10.3. The summed E-state index contributed by atoms with van der Waals surface area (Å²) in [7, 11) is 1.40. The van der Waals surface area contributed by atoms with Crippen LogP contribution >= 0.6 is 11.3 Å². The molecule has 0 saturated heterocycles. The van der Waals surface area contributed by atoms with Gasteiger partial charge in [-0.05, 0) is 25.7 Å². The van der Waals surface area contributed by atoms with Gasteiger partial charge in [-0.15, -0.1) is 11.3 Å². The van der Waals surface area contributed by atoms with Crippen LogP contribution in [0.15, 0.2) is 0 Å². The molecule has 4 heteroatoms. The van der Waals surface area contributed by atoms with Crippen molar-refractivity contribution >= 4 is 17.3 Å². The Morgan fingerprint density at radius 3 is 2.85 bits per heavy atom. The molecule has 0 unspecified atom stereocenters. The fourth-order valence-electron chi connectivity index (χ4n) is 1.31. The van der Waals surface area contributed by atoms with Crippen LogP contribution in [0.5, 0.6) is 0 Å². The first-order valence-electron chi connectivity index (χ1n) is 4.28. The zero-order chi connectivity index (χ0) is 9.42. The number of nitrogens with zero attached hydrogens (tertiary/aromatic N) is 1. The van der Waals surface area contributed by atoms with Gasteiger partial charge in [0, 0.05) is 4.88 Å². The number of carbonyl (C=O) groups is 1. The third-order valence-electron chi connectivity index (χ3n) is 2.09. The third-order valence-corrected chi connectivity index (χ3v) is 3.22. The van der Waals surface area contributed by atoms with E-state index < -0.39 is 0 Å². The van der Waals surface area contributed by atoms with E-state index in [1.165, 1.54) is 20.0 Å². The van der Waals surface area contributed by atoms with Gasteiger partial charge in [-0.1, -0.05) is 0 Å². The van der Waals surface area contributed by atoms with Gasteiger partial charge in [0.15, 0.2) is 5.69 Å². The first-order chi connectivity index (χ1) is 6.22. The van der Waals surface area contributed by atoms with E-state index in [2.05, 4.69) is 9.72 Å². The molecule has 1 aromatic heterocycles. The van der Waals surface area contributed by atoms with Crippen LogP contribution in [0.3, 0.4) is 0 Å². The SMILES string of the molecule is COC(=O)c1nc(C)sc1C1CC1. The van der Waals surface area contributed by atoms with E-state index in [4.69, 9.17) is 0 Å². The summed E-state index contributed by atoms with van der Waals surface area (Å²) in [6.07, 6.45) is 2.37. The lowest BCUT2D eigenvalue weighted by Gasteiger charge is -1.96. The van der Waals surface area contributed by atoms with E-state index in [1.807, 2.05) is 6.92 Å². The second-order valence-corrected chi connectivity index (χ2v) is 4.45. The first-order valence-corrected chi connectivity index (χ1v) is 5.09. The van der Waals surface area contributed by atoms with Crippen LogP contribution in [0.2, 0.25) is 0 Å². The number of ether oxygens (including phenoxy) is 1. The van der Waals surface area contributed by atoms with Crippen molar-refractivity contribution in [2.75, 3.05) is 7.11 Å². The highest BCUT2D eigenvalue weighted by Crippen LogP contribution is 2.44. The highest BCUT2D eigenvalue weighted by molar-refractivity contribution is 7.12. The van der Waals surface area contributed by atoms with Crippen LogP contribution < -0.4 is 0 Å². The Balaban J connectivity index is 2.36. The summed E-state index contributed by atoms with van der Waals surface area (Å²) >= 11 is 1.62. The minimum Gasteiger partial charge on any atom is -0.464 e. The number of rotatable bonds is 2. The van der Waals surface area contributed by atoms with Crippen molar-refractivity contribution in [3.8, 4) is 0 Å². The molecule has 1 heterocycles. The lowest BCUT2D eigenvalue weighted by Crippen LogP contribution is -2.04. The van der Waals surface area contributed by atoms with Gasteiger partial charge in [0.2, 0.25) is 0 Å². The average molecular weight is 197 g/mol. The Bertz CT molecular complexity index is 341. The van der Waals surface area contributed by atoms with Crippen molar-refractivity contribution in [3.05, 3.63) is 15.6 Å². The van der Waals surface area contributed by atoms with E-state index in [0.29, 0.717) is 11.6 Å². The van der Waals surface area contributed by atoms with Gasteiger partial charge in [-0.25, -0.2) is 9.78 Å². The van der Waals surface area contributed by atoms with Crippen molar-refractivity contribution in [1.29, 1.82) is 0 Å². The number of carbonyl (C=O) groups excluding carboxylic acids is 1. The number of aromatic nitrogens is 1. The summed E-state index contributed by atoms with van der Waals surface area (Å²) in [5.74, 6) is 0.270. The molecule has 0 aromatic carbocycles. The molecular weight excluding hydrogens is 186 g/mol. The number of thiazole rings is 1. The minimum atomic E-state index is -0.300. The zero-order valence-electron chi connectivity index (χ0n) is 7.66. The Morgan fingerprint density at radius 2 is 2.31 bits per heavy atom. The normalized spacial score (nSPS) is 15.8. The van der Waals surface area contributed by atoms with Crippen molar-refractivity contribution in [2.45, 2.75) is 25.7 Å². The number of hydrogen-bond donors (Lipinski definition) is 0. The number of esters is 1. The Morgan fingerprint density at radius 1 is 1.62 bits per heavy atom. The molecule has 1 aliphatic rings. The summed E-state index contributed by atoms with van der Waals surface area (Å²) < 4.78 is 4.67. The monoisotopic (exact) mass is 197 g/mol. The molecule has 1 aliphatic carbocycles. The van der Waals surface area contributed by atoms with Gasteiger partial charge in [0.1, 0.15) is 0 Å². The molecule has 0 N–H and O–H groups in total. The van der Waals surface area contributed by atoms with Gasteiger partial charge in [0.05, 0.1) is 12.1 Å². The molecule has 0 bridgehead atoms. The Kier molecular flexibility index (Phi) is 2.07. The number of methoxy groups -OCH3 is 1. The van der Waals surface area contributed by atoms with Gasteiger partial charge >= 0.3 is 5.97 Å². The maximum Gasteiger partial charge on any atom is 0.357 e. The number of aryl methyl sites for hydroxylation is 1. The molecule has 13 heavy (non-hydrogen) atoms. The van der Waals surface area contributed by atoms with Crippen LogP contribution in [0.1, 0.15) is 39.1 Å². The second kappa shape index (κ2) is 3.10. The fourth-order valence-corrected chi connectivity index (χ4v) is 2.39. The standard InChI is InChI=1S/C9H11NO2S/c1-5-10-7(9(11)12-2)8(13-5)6-3-4-6/h6H,3-4H2,1-2H3. The van der Waals surface area contributed by atoms with Crippen molar-refractivity contribution in [2.24, 2.45) is 0 Å².